The zero-order chi connectivity index (χ0) is 30.1. The molecule has 8 nitrogen and oxygen atoms in total. The molecule has 1 atom stereocenters. The van der Waals surface area contributed by atoms with Gasteiger partial charge in [0.15, 0.2) is 0 Å². The lowest BCUT2D eigenvalue weighted by Gasteiger charge is -2.35. The van der Waals surface area contributed by atoms with E-state index in [9.17, 15) is 16.8 Å². The molecule has 0 aliphatic heterocycles. The Morgan fingerprint density at radius 3 is 1.54 bits per heavy atom. The average Bonchev–Trinajstić information content (AvgIpc) is 2.91. The van der Waals surface area contributed by atoms with Gasteiger partial charge < -0.3 is 16.4 Å². The van der Waals surface area contributed by atoms with Crippen molar-refractivity contribution in [2.75, 3.05) is 37.5 Å². The molecule has 0 fully saturated rings. The molecule has 216 valence electrons. The number of sulfone groups is 2. The van der Waals surface area contributed by atoms with Crippen molar-refractivity contribution in [3.05, 3.63) is 99.4 Å². The Morgan fingerprint density at radius 1 is 0.634 bits per heavy atom. The van der Waals surface area contributed by atoms with E-state index in [4.69, 9.17) is 11.5 Å². The molecule has 0 spiro atoms. The Kier molecular flexibility index (Phi) is 9.19. The van der Waals surface area contributed by atoms with Crippen LogP contribution in [0.4, 0.5) is 17.1 Å². The number of halogens is 2. The van der Waals surface area contributed by atoms with Crippen molar-refractivity contribution in [1.82, 2.24) is 4.90 Å². The highest BCUT2D eigenvalue weighted by molar-refractivity contribution is 9.10. The molecular weight excluding hydrogens is 692 g/mol. The molecule has 0 aliphatic rings. The first-order valence-electron chi connectivity index (χ1n) is 12.4. The van der Waals surface area contributed by atoms with Gasteiger partial charge in [0, 0.05) is 39.5 Å². The molecule has 12 heteroatoms. The third kappa shape index (κ3) is 6.95. The number of hydrogen-bond donors (Lipinski definition) is 2. The van der Waals surface area contributed by atoms with Gasteiger partial charge in [0.1, 0.15) is 0 Å². The van der Waals surface area contributed by atoms with Crippen LogP contribution in [0.25, 0.3) is 0 Å². The molecule has 0 heterocycles. The van der Waals surface area contributed by atoms with Crippen molar-refractivity contribution in [3.63, 3.8) is 0 Å². The Hall–Kier alpha value is -2.90. The third-order valence-corrected chi connectivity index (χ3v) is 11.1. The second-order valence-corrected chi connectivity index (χ2v) is 15.6. The number of nitrogen functional groups attached to an aromatic ring is 2. The van der Waals surface area contributed by atoms with Gasteiger partial charge in [0.2, 0.25) is 19.7 Å². The van der Waals surface area contributed by atoms with Crippen molar-refractivity contribution in [3.8, 4) is 0 Å². The summed E-state index contributed by atoms with van der Waals surface area (Å²) in [6.07, 6.45) is 0.192. The molecule has 0 aromatic heterocycles. The minimum atomic E-state index is -3.80. The zero-order valence-electron chi connectivity index (χ0n) is 22.6. The van der Waals surface area contributed by atoms with Crippen LogP contribution < -0.4 is 16.4 Å². The average molecular weight is 723 g/mol. The Balaban J connectivity index is 1.69. The quantitative estimate of drug-likeness (QED) is 0.169. The van der Waals surface area contributed by atoms with Crippen LogP contribution in [0.15, 0.2) is 113 Å². The number of benzene rings is 4. The van der Waals surface area contributed by atoms with Gasteiger partial charge in [0.05, 0.1) is 25.7 Å². The first kappa shape index (κ1) is 31.0. The molecule has 4 aromatic carbocycles. The van der Waals surface area contributed by atoms with Crippen LogP contribution >= 0.6 is 31.9 Å². The summed E-state index contributed by atoms with van der Waals surface area (Å²) in [5, 5.41) is 0. The molecule has 0 aliphatic carbocycles. The normalized spacial score (nSPS) is 12.8. The van der Waals surface area contributed by atoms with Gasteiger partial charge >= 0.3 is 0 Å². The first-order valence-corrected chi connectivity index (χ1v) is 16.9. The number of anilines is 3. The van der Waals surface area contributed by atoms with Gasteiger partial charge in [-0.2, -0.15) is 0 Å². The molecule has 0 amide bonds. The second-order valence-electron chi connectivity index (χ2n) is 9.84. The monoisotopic (exact) mass is 720 g/mol. The summed E-state index contributed by atoms with van der Waals surface area (Å²) in [7, 11) is -1.89. The van der Waals surface area contributed by atoms with Gasteiger partial charge in [-0.3, -0.25) is 4.90 Å². The van der Waals surface area contributed by atoms with E-state index in [0.29, 0.717) is 32.4 Å². The number of rotatable bonds is 9. The van der Waals surface area contributed by atoms with Gasteiger partial charge in [-0.1, -0.05) is 31.9 Å². The summed E-state index contributed by atoms with van der Waals surface area (Å²) in [5.41, 5.74) is 13.9. The third-order valence-electron chi connectivity index (χ3n) is 6.66. The molecule has 1 unspecified atom stereocenters. The standard InChI is InChI=1S/C29H30Br2N4O4S2/c1-34(2)29(14-19-12-20(30)16-27(13-19)40(36,37)25-8-4-22(32)5-9-25)35(3)24-15-21(31)17-28(18-24)41(38,39)26-10-6-23(33)7-11-26/h4-13,15-18,29H,14,32-33H2,1-3H3. The molecule has 0 radical (unpaired) electrons. The predicted molar refractivity (Wildman–Crippen MR) is 170 cm³/mol. The SMILES string of the molecule is CN(C)C(Cc1cc(Br)cc(S(=O)(=O)c2ccc(N)cc2)c1)N(C)c1cc(Br)cc(S(=O)(=O)c2ccc(N)cc2)c1. The molecule has 0 bridgehead atoms. The lowest BCUT2D eigenvalue weighted by molar-refractivity contribution is 0.288. The fourth-order valence-corrected chi connectivity index (χ4v) is 8.42. The van der Waals surface area contributed by atoms with Crippen LogP contribution in [-0.2, 0) is 26.1 Å². The van der Waals surface area contributed by atoms with Crippen molar-refractivity contribution in [2.24, 2.45) is 0 Å². The minimum absolute atomic E-state index is 0.135. The van der Waals surface area contributed by atoms with E-state index in [0.717, 1.165) is 5.56 Å². The van der Waals surface area contributed by atoms with Crippen LogP contribution in [0.5, 0.6) is 0 Å². The van der Waals surface area contributed by atoms with E-state index in [2.05, 4.69) is 31.9 Å². The van der Waals surface area contributed by atoms with Gasteiger partial charge in [-0.05, 0) is 105 Å². The van der Waals surface area contributed by atoms with E-state index in [1.165, 1.54) is 24.3 Å². The van der Waals surface area contributed by atoms with E-state index in [-0.39, 0.29) is 25.7 Å². The summed E-state index contributed by atoms with van der Waals surface area (Å²) >= 11 is 6.95. The molecule has 4 rings (SSSR count). The van der Waals surface area contributed by atoms with Gasteiger partial charge in [-0.25, -0.2) is 16.8 Å². The largest absolute Gasteiger partial charge is 0.399 e. The topological polar surface area (TPSA) is 127 Å². The Morgan fingerprint density at radius 2 is 1.07 bits per heavy atom. The Bertz CT molecular complexity index is 1780. The maximum Gasteiger partial charge on any atom is 0.206 e. The van der Waals surface area contributed by atoms with Crippen LogP contribution in [0.3, 0.4) is 0 Å². The van der Waals surface area contributed by atoms with Crippen LogP contribution in [-0.4, -0.2) is 49.0 Å². The summed E-state index contributed by atoms with van der Waals surface area (Å²) in [6.45, 7) is 0. The number of nitrogens with two attached hydrogens (primary N) is 2. The molecule has 0 saturated heterocycles. The predicted octanol–water partition coefficient (Wildman–Crippen LogP) is 5.61. The van der Waals surface area contributed by atoms with Gasteiger partial charge in [-0.15, -0.1) is 0 Å². The summed E-state index contributed by atoms with van der Waals surface area (Å²) in [5.74, 6) is 0. The van der Waals surface area contributed by atoms with E-state index >= 15 is 0 Å². The first-order chi connectivity index (χ1) is 19.2. The van der Waals surface area contributed by atoms with E-state index < -0.39 is 19.7 Å². The number of likely N-dealkylation sites (N-methyl/N-ethyl adjacent to an activating group) is 2. The van der Waals surface area contributed by atoms with Crippen molar-refractivity contribution >= 4 is 68.6 Å². The lowest BCUT2D eigenvalue weighted by atomic mass is 10.1. The molecule has 4 N–H and O–H groups in total. The molecular formula is C29H30Br2N4O4S2. The smallest absolute Gasteiger partial charge is 0.206 e. The highest BCUT2D eigenvalue weighted by Crippen LogP contribution is 2.32. The number of hydrogen-bond acceptors (Lipinski definition) is 8. The number of nitrogens with zero attached hydrogens (tertiary/aromatic N) is 2. The summed E-state index contributed by atoms with van der Waals surface area (Å²) < 4.78 is 54.8. The second kappa shape index (κ2) is 12.1. The van der Waals surface area contributed by atoms with E-state index in [1.54, 1.807) is 48.5 Å². The van der Waals surface area contributed by atoms with Crippen LogP contribution in [0, 0.1) is 0 Å². The minimum Gasteiger partial charge on any atom is -0.399 e. The van der Waals surface area contributed by atoms with Crippen molar-refractivity contribution in [2.45, 2.75) is 32.2 Å². The Labute approximate surface area is 258 Å². The van der Waals surface area contributed by atoms with Crippen molar-refractivity contribution in [1.29, 1.82) is 0 Å². The maximum absolute atomic E-state index is 13.4. The van der Waals surface area contributed by atoms with E-state index in [1.807, 2.05) is 43.1 Å². The summed E-state index contributed by atoms with van der Waals surface area (Å²) in [6, 6.07) is 22.3. The van der Waals surface area contributed by atoms with Crippen LogP contribution in [0.1, 0.15) is 5.56 Å². The fourth-order valence-electron chi connectivity index (χ4n) is 4.42. The zero-order valence-corrected chi connectivity index (χ0v) is 27.4. The van der Waals surface area contributed by atoms with Crippen LogP contribution in [0.2, 0.25) is 0 Å². The maximum atomic E-state index is 13.4. The highest BCUT2D eigenvalue weighted by atomic mass is 79.9. The fraction of sp³-hybridized carbons (Fsp3) is 0.172. The lowest BCUT2D eigenvalue weighted by Crippen LogP contribution is -2.44. The molecule has 0 saturated carbocycles. The highest BCUT2D eigenvalue weighted by Gasteiger charge is 2.25. The molecule has 41 heavy (non-hydrogen) atoms. The van der Waals surface area contributed by atoms with Gasteiger partial charge in [0.25, 0.3) is 0 Å². The molecule has 4 aromatic rings. The summed E-state index contributed by atoms with van der Waals surface area (Å²) in [4.78, 5) is 4.54. The van der Waals surface area contributed by atoms with Crippen molar-refractivity contribution < 1.29 is 16.8 Å².